The Balaban J connectivity index is 5.21. The molecule has 3 N–H and O–H groups in total. The Hall–Kier alpha value is -1.96. The molecule has 138 valence electrons. The van der Waals surface area contributed by atoms with E-state index in [0.717, 1.165) is 32.6 Å². The third kappa shape index (κ3) is 6.27. The van der Waals surface area contributed by atoms with Crippen LogP contribution in [-0.2, 0) is 23.9 Å². The quantitative estimate of drug-likeness (QED) is 0.354. The molecule has 0 saturated heterocycles. The molecule has 0 heterocycles. The van der Waals surface area contributed by atoms with Gasteiger partial charge in [0.05, 0.1) is 13.0 Å². The molecule has 0 saturated carbocycles. The molecule has 0 aliphatic rings. The van der Waals surface area contributed by atoms with Gasteiger partial charge in [-0.15, -0.1) is 0 Å². The molecule has 0 aromatic carbocycles. The lowest BCUT2D eigenvalue weighted by atomic mass is 9.82. The average molecular weight is 346 g/mol. The molecular weight excluding hydrogens is 320 g/mol. The summed E-state index contributed by atoms with van der Waals surface area (Å²) in [5.41, 5.74) is -3.04. The summed E-state index contributed by atoms with van der Waals surface area (Å²) in [5.74, 6) is -7.82. The van der Waals surface area contributed by atoms with Crippen LogP contribution >= 0.6 is 0 Å². The van der Waals surface area contributed by atoms with Crippen molar-refractivity contribution in [2.45, 2.75) is 58.5 Å². The van der Waals surface area contributed by atoms with E-state index in [1.165, 1.54) is 0 Å². The van der Waals surface area contributed by atoms with Gasteiger partial charge in [-0.2, -0.15) is 0 Å². The topological polar surface area (TPSA) is 138 Å². The van der Waals surface area contributed by atoms with Crippen molar-refractivity contribution in [2.75, 3.05) is 6.61 Å². The van der Waals surface area contributed by atoms with Crippen LogP contribution in [0.5, 0.6) is 0 Å². The molecule has 0 rings (SSSR count). The number of hydrogen-bond donors (Lipinski definition) is 3. The van der Waals surface area contributed by atoms with Crippen LogP contribution in [0.2, 0.25) is 0 Å². The predicted octanol–water partition coefficient (Wildman–Crippen LogP) is 1.24. The van der Waals surface area contributed by atoms with Gasteiger partial charge in [-0.1, -0.05) is 33.1 Å². The molecule has 0 aliphatic heterocycles. The number of esters is 1. The number of carbonyl (C=O) groups is 4. The van der Waals surface area contributed by atoms with Crippen molar-refractivity contribution in [3.63, 3.8) is 0 Å². The van der Waals surface area contributed by atoms with E-state index in [0.29, 0.717) is 0 Å². The van der Waals surface area contributed by atoms with Crippen LogP contribution in [0, 0.1) is 11.8 Å². The van der Waals surface area contributed by atoms with Crippen molar-refractivity contribution < 1.29 is 39.2 Å². The number of ether oxygens (including phenoxy) is 1. The fraction of sp³-hybridized carbons (Fsp3) is 0.750. The van der Waals surface area contributed by atoms with Gasteiger partial charge in [-0.05, 0) is 19.3 Å². The number of Topliss-reactive ketones (excluding diaryl/α,β-unsaturated/α-hetero) is 1. The Morgan fingerprint density at radius 1 is 1.12 bits per heavy atom. The first-order chi connectivity index (χ1) is 11.1. The van der Waals surface area contributed by atoms with Gasteiger partial charge < -0.3 is 20.1 Å². The fourth-order valence-corrected chi connectivity index (χ4v) is 2.41. The van der Waals surface area contributed by atoms with Crippen LogP contribution in [0.25, 0.3) is 0 Å². The Morgan fingerprint density at radius 2 is 1.71 bits per heavy atom. The standard InChI is InChI=1S/C16H26O8/c1-4-6-7-11(5-2)9-24-14(20)13(10(3)17)16(23,15(21)22)8-12(18)19/h11,13,23H,4-9H2,1-3H3,(H,18,19)(H,21,22). The van der Waals surface area contributed by atoms with Gasteiger partial charge in [0.15, 0.2) is 11.5 Å². The van der Waals surface area contributed by atoms with Gasteiger partial charge in [-0.25, -0.2) is 4.79 Å². The number of unbranched alkanes of at least 4 members (excludes halogenated alkanes) is 1. The first-order valence-electron chi connectivity index (χ1n) is 7.94. The highest BCUT2D eigenvalue weighted by atomic mass is 16.5. The number of ketones is 1. The normalized spacial score (nSPS) is 15.8. The summed E-state index contributed by atoms with van der Waals surface area (Å²) >= 11 is 0. The molecule has 8 nitrogen and oxygen atoms in total. The van der Waals surface area contributed by atoms with E-state index in [4.69, 9.17) is 14.9 Å². The highest BCUT2D eigenvalue weighted by molar-refractivity contribution is 6.05. The number of carboxylic acids is 2. The molecule has 0 fully saturated rings. The highest BCUT2D eigenvalue weighted by Crippen LogP contribution is 2.26. The summed E-state index contributed by atoms with van der Waals surface area (Å²) in [6, 6.07) is 0. The van der Waals surface area contributed by atoms with E-state index in [9.17, 15) is 24.3 Å². The number of aliphatic carboxylic acids is 2. The van der Waals surface area contributed by atoms with Crippen molar-refractivity contribution in [1.82, 2.24) is 0 Å². The average Bonchev–Trinajstić information content (AvgIpc) is 2.46. The maximum Gasteiger partial charge on any atom is 0.337 e. The summed E-state index contributed by atoms with van der Waals surface area (Å²) < 4.78 is 5.02. The molecule has 3 atom stereocenters. The minimum atomic E-state index is -3.04. The Kier molecular flexibility index (Phi) is 9.20. The molecule has 0 aliphatic carbocycles. The monoisotopic (exact) mass is 346 g/mol. The molecule has 0 radical (unpaired) electrons. The molecule has 3 unspecified atom stereocenters. The Morgan fingerprint density at radius 3 is 2.08 bits per heavy atom. The Bertz CT molecular complexity index is 473. The fourth-order valence-electron chi connectivity index (χ4n) is 2.41. The van der Waals surface area contributed by atoms with Crippen molar-refractivity contribution in [2.24, 2.45) is 11.8 Å². The van der Waals surface area contributed by atoms with E-state index in [1.807, 2.05) is 13.8 Å². The van der Waals surface area contributed by atoms with Gasteiger partial charge in [0.25, 0.3) is 0 Å². The summed E-state index contributed by atoms with van der Waals surface area (Å²) in [6.45, 7) is 4.83. The van der Waals surface area contributed by atoms with Crippen LogP contribution in [-0.4, -0.2) is 51.2 Å². The number of carbonyl (C=O) groups excluding carboxylic acids is 2. The van der Waals surface area contributed by atoms with Gasteiger partial charge in [0, 0.05) is 0 Å². The minimum absolute atomic E-state index is 0.0120. The van der Waals surface area contributed by atoms with E-state index in [-0.39, 0.29) is 12.5 Å². The molecule has 8 heteroatoms. The van der Waals surface area contributed by atoms with Crippen LogP contribution in [0.3, 0.4) is 0 Å². The minimum Gasteiger partial charge on any atom is -0.481 e. The zero-order chi connectivity index (χ0) is 18.9. The molecule has 0 amide bonds. The third-order valence-corrected chi connectivity index (χ3v) is 3.92. The van der Waals surface area contributed by atoms with Crippen molar-refractivity contribution in [3.8, 4) is 0 Å². The Labute approximate surface area is 140 Å². The number of hydrogen-bond acceptors (Lipinski definition) is 6. The van der Waals surface area contributed by atoms with Crippen molar-refractivity contribution in [3.05, 3.63) is 0 Å². The van der Waals surface area contributed by atoms with Crippen LogP contribution < -0.4 is 0 Å². The highest BCUT2D eigenvalue weighted by Gasteiger charge is 2.53. The van der Waals surface area contributed by atoms with Gasteiger partial charge in [-0.3, -0.25) is 14.4 Å². The van der Waals surface area contributed by atoms with Crippen molar-refractivity contribution >= 4 is 23.7 Å². The van der Waals surface area contributed by atoms with Crippen molar-refractivity contribution in [1.29, 1.82) is 0 Å². The molecule has 0 bridgehead atoms. The second-order valence-electron chi connectivity index (χ2n) is 5.89. The molecular formula is C16H26O8. The largest absolute Gasteiger partial charge is 0.481 e. The van der Waals surface area contributed by atoms with E-state index < -0.39 is 41.6 Å². The van der Waals surface area contributed by atoms with Crippen LogP contribution in [0.15, 0.2) is 0 Å². The lowest BCUT2D eigenvalue weighted by molar-refractivity contribution is -0.183. The first kappa shape index (κ1) is 22.0. The second-order valence-corrected chi connectivity index (χ2v) is 5.89. The lowest BCUT2D eigenvalue weighted by Gasteiger charge is -2.28. The van der Waals surface area contributed by atoms with E-state index >= 15 is 0 Å². The number of carboxylic acid groups (broad SMARTS) is 2. The summed E-state index contributed by atoms with van der Waals surface area (Å²) in [6.07, 6.45) is 2.16. The van der Waals surface area contributed by atoms with E-state index in [2.05, 4.69) is 0 Å². The van der Waals surface area contributed by atoms with E-state index in [1.54, 1.807) is 0 Å². The van der Waals surface area contributed by atoms with Gasteiger partial charge in [0.2, 0.25) is 0 Å². The molecule has 0 aromatic heterocycles. The predicted molar refractivity (Wildman–Crippen MR) is 83.3 cm³/mol. The number of rotatable bonds is 12. The summed E-state index contributed by atoms with van der Waals surface area (Å²) in [7, 11) is 0. The van der Waals surface area contributed by atoms with Gasteiger partial charge >= 0.3 is 17.9 Å². The molecule has 0 spiro atoms. The number of aliphatic hydroxyl groups is 1. The zero-order valence-corrected chi connectivity index (χ0v) is 14.3. The smallest absolute Gasteiger partial charge is 0.337 e. The van der Waals surface area contributed by atoms with Gasteiger partial charge in [0.1, 0.15) is 5.78 Å². The summed E-state index contributed by atoms with van der Waals surface area (Å²) in [4.78, 5) is 45.9. The maximum atomic E-state index is 12.2. The van der Waals surface area contributed by atoms with Crippen LogP contribution in [0.1, 0.15) is 52.9 Å². The third-order valence-electron chi connectivity index (χ3n) is 3.92. The van der Waals surface area contributed by atoms with Crippen LogP contribution in [0.4, 0.5) is 0 Å². The SMILES string of the molecule is CCCCC(CC)COC(=O)C(C(C)=O)C(O)(CC(=O)O)C(=O)O. The lowest BCUT2D eigenvalue weighted by Crippen LogP contribution is -2.54. The molecule has 0 aromatic rings. The maximum absolute atomic E-state index is 12.2. The summed E-state index contributed by atoms with van der Waals surface area (Å²) in [5, 5.41) is 28.0. The first-order valence-corrected chi connectivity index (χ1v) is 7.94. The zero-order valence-electron chi connectivity index (χ0n) is 14.3. The molecule has 24 heavy (non-hydrogen) atoms. The second kappa shape index (κ2) is 10.0.